The number of carbonyl (C=O) groups excluding carboxylic acids is 1. The Kier molecular flexibility index (Phi) is 8.15. The molecule has 1 N–H and O–H groups in total. The number of benzene rings is 2. The highest BCUT2D eigenvalue weighted by Gasteiger charge is 2.35. The molecule has 1 amide bonds. The van der Waals surface area contributed by atoms with Crippen LogP contribution in [0.5, 0.6) is 11.5 Å². The third-order valence-corrected chi connectivity index (χ3v) is 5.78. The fraction of sp³-hybridized carbons (Fsp3) is 0.458. The molecule has 1 heterocycles. The molecule has 0 atom stereocenters. The molecule has 0 spiro atoms. The van der Waals surface area contributed by atoms with Crippen LogP contribution >= 0.6 is 11.6 Å². The smallest absolute Gasteiger partial charge is 0.251 e. The van der Waals surface area contributed by atoms with E-state index >= 15 is 0 Å². The predicted molar refractivity (Wildman–Crippen MR) is 119 cm³/mol. The second-order valence-electron chi connectivity index (χ2n) is 7.65. The van der Waals surface area contributed by atoms with Crippen molar-refractivity contribution in [3.8, 4) is 11.5 Å². The molecule has 0 radical (unpaired) electrons. The third-order valence-electron chi connectivity index (χ3n) is 5.50. The van der Waals surface area contributed by atoms with Gasteiger partial charge in [-0.05, 0) is 56.0 Å². The van der Waals surface area contributed by atoms with Gasteiger partial charge >= 0.3 is 0 Å². The van der Waals surface area contributed by atoms with E-state index < -0.39 is 0 Å². The topological polar surface area (TPSA) is 56.8 Å². The Balaban J connectivity index is 1.81. The zero-order chi connectivity index (χ0) is 22.3. The molecule has 0 aromatic heterocycles. The summed E-state index contributed by atoms with van der Waals surface area (Å²) in [5, 5.41) is 3.34. The van der Waals surface area contributed by atoms with Crippen molar-refractivity contribution in [1.29, 1.82) is 0 Å². The first-order valence-electron chi connectivity index (χ1n) is 10.7. The Morgan fingerprint density at radius 2 is 1.97 bits per heavy atom. The van der Waals surface area contributed by atoms with Gasteiger partial charge in [0.2, 0.25) is 0 Å². The summed E-state index contributed by atoms with van der Waals surface area (Å²) < 4.78 is 30.8. The SMILES string of the molecule is CCCOc1c(Cl)cc(C(=O)NCC2(c3cccc(F)c3)CCOCC2)cc1OCC. The number of carbonyl (C=O) groups is 1. The lowest BCUT2D eigenvalue weighted by atomic mass is 9.74. The maximum Gasteiger partial charge on any atom is 0.251 e. The molecule has 2 aromatic rings. The zero-order valence-electron chi connectivity index (χ0n) is 18.0. The first-order chi connectivity index (χ1) is 15.0. The number of nitrogens with one attached hydrogen (secondary N) is 1. The van der Waals surface area contributed by atoms with Crippen LogP contribution < -0.4 is 14.8 Å². The van der Waals surface area contributed by atoms with Crippen LogP contribution in [0.1, 0.15) is 49.0 Å². The van der Waals surface area contributed by atoms with Crippen LogP contribution in [-0.2, 0) is 10.2 Å². The molecule has 168 valence electrons. The van der Waals surface area contributed by atoms with Crippen molar-refractivity contribution in [1.82, 2.24) is 5.32 Å². The number of rotatable bonds is 9. The summed E-state index contributed by atoms with van der Waals surface area (Å²) in [6.07, 6.45) is 2.23. The van der Waals surface area contributed by atoms with Gasteiger partial charge < -0.3 is 19.5 Å². The van der Waals surface area contributed by atoms with Crippen molar-refractivity contribution in [2.24, 2.45) is 0 Å². The first kappa shape index (κ1) is 23.4. The van der Waals surface area contributed by atoms with Gasteiger partial charge in [0.15, 0.2) is 11.5 Å². The average Bonchev–Trinajstić information content (AvgIpc) is 2.77. The van der Waals surface area contributed by atoms with Crippen LogP contribution in [0.3, 0.4) is 0 Å². The van der Waals surface area contributed by atoms with E-state index in [4.69, 9.17) is 25.8 Å². The van der Waals surface area contributed by atoms with Crippen molar-refractivity contribution < 1.29 is 23.4 Å². The number of amides is 1. The normalized spacial score (nSPS) is 15.4. The second-order valence-corrected chi connectivity index (χ2v) is 8.06. The maximum atomic E-state index is 13.9. The van der Waals surface area contributed by atoms with E-state index in [9.17, 15) is 9.18 Å². The monoisotopic (exact) mass is 449 g/mol. The molecule has 5 nitrogen and oxygen atoms in total. The molecule has 31 heavy (non-hydrogen) atoms. The molecular weight excluding hydrogens is 421 g/mol. The van der Waals surface area contributed by atoms with Gasteiger partial charge in [-0.2, -0.15) is 0 Å². The van der Waals surface area contributed by atoms with Gasteiger partial charge in [0.05, 0.1) is 18.2 Å². The lowest BCUT2D eigenvalue weighted by Crippen LogP contribution is -2.44. The van der Waals surface area contributed by atoms with Gasteiger partial charge in [0, 0.05) is 30.7 Å². The number of hydrogen-bond acceptors (Lipinski definition) is 4. The fourth-order valence-electron chi connectivity index (χ4n) is 3.81. The van der Waals surface area contributed by atoms with E-state index in [0.29, 0.717) is 67.9 Å². The Morgan fingerprint density at radius 1 is 1.19 bits per heavy atom. The van der Waals surface area contributed by atoms with Crippen molar-refractivity contribution in [2.45, 2.75) is 38.5 Å². The zero-order valence-corrected chi connectivity index (χ0v) is 18.8. The molecule has 3 rings (SSSR count). The summed E-state index contributed by atoms with van der Waals surface area (Å²) in [5.41, 5.74) is 0.874. The number of halogens is 2. The van der Waals surface area contributed by atoms with E-state index in [1.54, 1.807) is 24.3 Å². The summed E-state index contributed by atoms with van der Waals surface area (Å²) in [6, 6.07) is 9.81. The van der Waals surface area contributed by atoms with Gasteiger partial charge in [0.25, 0.3) is 5.91 Å². The molecule has 1 fully saturated rings. The van der Waals surface area contributed by atoms with Gasteiger partial charge in [0.1, 0.15) is 5.82 Å². The summed E-state index contributed by atoms with van der Waals surface area (Å²) in [4.78, 5) is 13.0. The Bertz CT molecular complexity index is 899. The van der Waals surface area contributed by atoms with Crippen LogP contribution in [0, 0.1) is 5.82 Å². The number of hydrogen-bond donors (Lipinski definition) is 1. The molecule has 1 aliphatic heterocycles. The first-order valence-corrected chi connectivity index (χ1v) is 11.1. The maximum absolute atomic E-state index is 13.9. The lowest BCUT2D eigenvalue weighted by Gasteiger charge is -2.38. The van der Waals surface area contributed by atoms with Crippen LogP contribution in [0.15, 0.2) is 36.4 Å². The Morgan fingerprint density at radius 3 is 2.65 bits per heavy atom. The minimum absolute atomic E-state index is 0.271. The van der Waals surface area contributed by atoms with Crippen molar-refractivity contribution in [3.05, 3.63) is 58.4 Å². The van der Waals surface area contributed by atoms with E-state index in [2.05, 4.69) is 5.32 Å². The molecule has 2 aromatic carbocycles. The molecular formula is C24H29ClFNO4. The van der Waals surface area contributed by atoms with Crippen LogP contribution in [-0.4, -0.2) is 38.9 Å². The van der Waals surface area contributed by atoms with E-state index in [0.717, 1.165) is 12.0 Å². The van der Waals surface area contributed by atoms with Gasteiger partial charge in [-0.25, -0.2) is 4.39 Å². The highest BCUT2D eigenvalue weighted by atomic mass is 35.5. The average molecular weight is 450 g/mol. The van der Waals surface area contributed by atoms with Crippen LogP contribution in [0.25, 0.3) is 0 Å². The Hall–Kier alpha value is -2.31. The fourth-order valence-corrected chi connectivity index (χ4v) is 4.07. The summed E-state index contributed by atoms with van der Waals surface area (Å²) >= 11 is 6.40. The second kappa shape index (κ2) is 10.8. The van der Waals surface area contributed by atoms with Gasteiger partial charge in [-0.3, -0.25) is 4.79 Å². The largest absolute Gasteiger partial charge is 0.490 e. The van der Waals surface area contributed by atoms with Crippen molar-refractivity contribution >= 4 is 17.5 Å². The van der Waals surface area contributed by atoms with Crippen molar-refractivity contribution in [3.63, 3.8) is 0 Å². The highest BCUT2D eigenvalue weighted by molar-refractivity contribution is 6.32. The summed E-state index contributed by atoms with van der Waals surface area (Å²) in [6.45, 7) is 6.29. The minimum atomic E-state index is -0.382. The highest BCUT2D eigenvalue weighted by Crippen LogP contribution is 2.38. The van der Waals surface area contributed by atoms with Crippen LogP contribution in [0.4, 0.5) is 4.39 Å². The van der Waals surface area contributed by atoms with Crippen molar-refractivity contribution in [2.75, 3.05) is 33.0 Å². The molecule has 7 heteroatoms. The van der Waals surface area contributed by atoms with E-state index in [-0.39, 0.29) is 17.1 Å². The minimum Gasteiger partial charge on any atom is -0.490 e. The summed E-state index contributed by atoms with van der Waals surface area (Å²) in [5.74, 6) is 0.333. The molecule has 1 aliphatic rings. The van der Waals surface area contributed by atoms with E-state index in [1.807, 2.05) is 19.9 Å². The predicted octanol–water partition coefficient (Wildman–Crippen LogP) is 5.14. The molecule has 0 bridgehead atoms. The quantitative estimate of drug-likeness (QED) is 0.575. The molecule has 0 unspecified atom stereocenters. The van der Waals surface area contributed by atoms with E-state index in [1.165, 1.54) is 6.07 Å². The Labute approximate surface area is 187 Å². The molecule has 0 aliphatic carbocycles. The summed E-state index contributed by atoms with van der Waals surface area (Å²) in [7, 11) is 0. The third kappa shape index (κ3) is 5.69. The van der Waals surface area contributed by atoms with Gasteiger partial charge in [-0.15, -0.1) is 0 Å². The number of ether oxygens (including phenoxy) is 3. The molecule has 0 saturated carbocycles. The standard InChI is InChI=1S/C24H29ClFNO4/c1-3-10-31-22-20(25)13-17(14-21(22)30-4-2)23(28)27-16-24(8-11-29-12-9-24)18-6-5-7-19(26)15-18/h5-7,13-15H,3-4,8-12,16H2,1-2H3,(H,27,28). The van der Waals surface area contributed by atoms with Gasteiger partial charge in [-0.1, -0.05) is 30.7 Å². The lowest BCUT2D eigenvalue weighted by molar-refractivity contribution is 0.0486. The van der Waals surface area contributed by atoms with Crippen LogP contribution in [0.2, 0.25) is 5.02 Å². The molecule has 1 saturated heterocycles.